The number of nitrogens with one attached hydrogen (secondary N) is 2. The second kappa shape index (κ2) is 6.17. The van der Waals surface area contributed by atoms with Gasteiger partial charge in [-0.15, -0.1) is 0 Å². The van der Waals surface area contributed by atoms with Gasteiger partial charge in [0.15, 0.2) is 0 Å². The van der Waals surface area contributed by atoms with Crippen molar-refractivity contribution in [2.75, 3.05) is 6.54 Å². The van der Waals surface area contributed by atoms with Crippen LogP contribution in [0.25, 0.3) is 11.0 Å². The smallest absolute Gasteiger partial charge is 0.316 e. The molecule has 0 saturated heterocycles. The minimum Gasteiger partial charge on any atom is -0.354 e. The molecule has 2 aromatic rings. The maximum atomic E-state index is 12.0. The minimum atomic E-state index is -0.638. The van der Waals surface area contributed by atoms with Gasteiger partial charge in [0.1, 0.15) is 0 Å². The number of amides is 1. The van der Waals surface area contributed by atoms with Crippen molar-refractivity contribution in [1.29, 1.82) is 0 Å². The highest BCUT2D eigenvalue weighted by Crippen LogP contribution is 2.24. The fourth-order valence-corrected chi connectivity index (χ4v) is 3.07. The molecule has 1 amide bonds. The monoisotopic (exact) mass is 301 g/mol. The standard InChI is InChI=1S/C16H19N3O3/c20-14(11-5-1-2-6-11)17-9-10-19-13-8-4-3-7-12(13)18-15(21)16(19)22/h3-4,7-8,11H,1-2,5-6,9-10H2,(H,17,20)(H,18,21). The third-order valence-electron chi connectivity index (χ3n) is 4.24. The average molecular weight is 301 g/mol. The van der Waals surface area contributed by atoms with Crippen LogP contribution in [0.15, 0.2) is 33.9 Å². The average Bonchev–Trinajstić information content (AvgIpc) is 3.05. The number of carbonyl (C=O) groups excluding carboxylic acids is 1. The number of para-hydroxylation sites is 2. The molecule has 1 saturated carbocycles. The van der Waals surface area contributed by atoms with Crippen LogP contribution in [-0.2, 0) is 11.3 Å². The van der Waals surface area contributed by atoms with Gasteiger partial charge in [0.2, 0.25) is 5.91 Å². The molecule has 0 atom stereocenters. The number of aromatic nitrogens is 2. The number of H-pyrrole nitrogens is 1. The lowest BCUT2D eigenvalue weighted by Crippen LogP contribution is -2.39. The predicted octanol–water partition coefficient (Wildman–Crippen LogP) is 0.996. The lowest BCUT2D eigenvalue weighted by atomic mass is 10.1. The summed E-state index contributed by atoms with van der Waals surface area (Å²) in [6, 6.07) is 7.15. The van der Waals surface area contributed by atoms with Crippen LogP contribution in [0.2, 0.25) is 0 Å². The molecule has 1 aromatic carbocycles. The van der Waals surface area contributed by atoms with E-state index >= 15 is 0 Å². The van der Waals surface area contributed by atoms with E-state index in [9.17, 15) is 14.4 Å². The first-order valence-corrected chi connectivity index (χ1v) is 7.66. The van der Waals surface area contributed by atoms with Crippen molar-refractivity contribution in [3.8, 4) is 0 Å². The molecule has 1 aromatic heterocycles. The van der Waals surface area contributed by atoms with Crippen LogP contribution >= 0.6 is 0 Å². The molecule has 0 spiro atoms. The number of carbonyl (C=O) groups is 1. The molecular weight excluding hydrogens is 282 g/mol. The SMILES string of the molecule is O=C(NCCn1c(=O)c(=O)[nH]c2ccccc21)C1CCCC1. The van der Waals surface area contributed by atoms with Gasteiger partial charge in [-0.1, -0.05) is 25.0 Å². The first-order valence-electron chi connectivity index (χ1n) is 7.66. The van der Waals surface area contributed by atoms with Gasteiger partial charge in [0.05, 0.1) is 11.0 Å². The van der Waals surface area contributed by atoms with Gasteiger partial charge < -0.3 is 14.9 Å². The van der Waals surface area contributed by atoms with Crippen LogP contribution in [0.5, 0.6) is 0 Å². The molecule has 0 unspecified atom stereocenters. The van der Waals surface area contributed by atoms with Gasteiger partial charge in [-0.3, -0.25) is 14.4 Å². The Labute approximate surface area is 127 Å². The Hall–Kier alpha value is -2.37. The summed E-state index contributed by atoms with van der Waals surface area (Å²) < 4.78 is 1.42. The number of aromatic amines is 1. The van der Waals surface area contributed by atoms with E-state index in [0.29, 0.717) is 24.1 Å². The number of rotatable bonds is 4. The van der Waals surface area contributed by atoms with Crippen molar-refractivity contribution in [3.05, 3.63) is 45.0 Å². The third kappa shape index (κ3) is 2.81. The topological polar surface area (TPSA) is 84.0 Å². The molecule has 1 aliphatic carbocycles. The molecule has 0 radical (unpaired) electrons. The Morgan fingerprint density at radius 1 is 1.23 bits per heavy atom. The van der Waals surface area contributed by atoms with E-state index < -0.39 is 11.1 Å². The summed E-state index contributed by atoms with van der Waals surface area (Å²) in [5.74, 6) is 0.160. The normalized spacial score (nSPS) is 15.3. The van der Waals surface area contributed by atoms with E-state index in [0.717, 1.165) is 25.7 Å². The molecule has 3 rings (SSSR count). The predicted molar refractivity (Wildman–Crippen MR) is 83.8 cm³/mol. The quantitative estimate of drug-likeness (QED) is 0.826. The number of hydrogen-bond donors (Lipinski definition) is 2. The van der Waals surface area contributed by atoms with Gasteiger partial charge in [-0.25, -0.2) is 0 Å². The van der Waals surface area contributed by atoms with Crippen LogP contribution in [0.3, 0.4) is 0 Å². The lowest BCUT2D eigenvalue weighted by molar-refractivity contribution is -0.124. The molecule has 116 valence electrons. The fourth-order valence-electron chi connectivity index (χ4n) is 3.07. The Kier molecular flexibility index (Phi) is 4.09. The molecule has 1 aliphatic rings. The number of nitrogens with zero attached hydrogens (tertiary/aromatic N) is 1. The molecule has 6 heteroatoms. The largest absolute Gasteiger partial charge is 0.354 e. The number of fused-ring (bicyclic) bond motifs is 1. The lowest BCUT2D eigenvalue weighted by Gasteiger charge is -2.12. The van der Waals surface area contributed by atoms with Crippen molar-refractivity contribution in [1.82, 2.24) is 14.9 Å². The van der Waals surface area contributed by atoms with Crippen LogP contribution in [0.1, 0.15) is 25.7 Å². The van der Waals surface area contributed by atoms with Crippen molar-refractivity contribution in [2.24, 2.45) is 5.92 Å². The van der Waals surface area contributed by atoms with Gasteiger partial charge in [0.25, 0.3) is 0 Å². The van der Waals surface area contributed by atoms with Crippen LogP contribution < -0.4 is 16.4 Å². The summed E-state index contributed by atoms with van der Waals surface area (Å²) in [6.45, 7) is 0.643. The van der Waals surface area contributed by atoms with E-state index in [1.54, 1.807) is 18.2 Å². The Bertz CT molecular complexity index is 800. The summed E-state index contributed by atoms with van der Waals surface area (Å²) in [6.07, 6.45) is 4.10. The van der Waals surface area contributed by atoms with E-state index in [2.05, 4.69) is 10.3 Å². The van der Waals surface area contributed by atoms with E-state index in [4.69, 9.17) is 0 Å². The van der Waals surface area contributed by atoms with Crippen molar-refractivity contribution in [2.45, 2.75) is 32.2 Å². The van der Waals surface area contributed by atoms with Gasteiger partial charge in [0, 0.05) is 19.0 Å². The van der Waals surface area contributed by atoms with Crippen LogP contribution in [0.4, 0.5) is 0 Å². The molecule has 6 nitrogen and oxygen atoms in total. The second-order valence-corrected chi connectivity index (χ2v) is 5.70. The highest BCUT2D eigenvalue weighted by atomic mass is 16.2. The van der Waals surface area contributed by atoms with Gasteiger partial charge in [-0.2, -0.15) is 0 Å². The molecule has 1 heterocycles. The molecule has 0 aliphatic heterocycles. The van der Waals surface area contributed by atoms with E-state index in [-0.39, 0.29) is 11.8 Å². The van der Waals surface area contributed by atoms with Crippen molar-refractivity contribution in [3.63, 3.8) is 0 Å². The third-order valence-corrected chi connectivity index (χ3v) is 4.24. The summed E-state index contributed by atoms with van der Waals surface area (Å²) >= 11 is 0. The van der Waals surface area contributed by atoms with Crippen LogP contribution in [-0.4, -0.2) is 22.0 Å². The van der Waals surface area contributed by atoms with E-state index in [1.807, 2.05) is 6.07 Å². The Morgan fingerprint density at radius 3 is 2.73 bits per heavy atom. The van der Waals surface area contributed by atoms with Gasteiger partial charge >= 0.3 is 11.1 Å². The van der Waals surface area contributed by atoms with E-state index in [1.165, 1.54) is 4.57 Å². The first-order chi connectivity index (χ1) is 10.7. The van der Waals surface area contributed by atoms with Crippen molar-refractivity contribution < 1.29 is 4.79 Å². The summed E-state index contributed by atoms with van der Waals surface area (Å²) in [5, 5.41) is 2.87. The fraction of sp³-hybridized carbons (Fsp3) is 0.438. The Morgan fingerprint density at radius 2 is 1.95 bits per heavy atom. The zero-order valence-electron chi connectivity index (χ0n) is 12.3. The van der Waals surface area contributed by atoms with Crippen molar-refractivity contribution >= 4 is 16.9 Å². The first kappa shape index (κ1) is 14.6. The Balaban J connectivity index is 1.76. The number of benzene rings is 1. The summed E-state index contributed by atoms with van der Waals surface area (Å²) in [7, 11) is 0. The maximum Gasteiger partial charge on any atom is 0.316 e. The molecular formula is C16H19N3O3. The van der Waals surface area contributed by atoms with Crippen LogP contribution in [0, 0.1) is 5.92 Å². The zero-order valence-corrected chi connectivity index (χ0v) is 12.3. The molecule has 22 heavy (non-hydrogen) atoms. The second-order valence-electron chi connectivity index (χ2n) is 5.70. The summed E-state index contributed by atoms with van der Waals surface area (Å²) in [5.41, 5.74) is 0.0612. The summed E-state index contributed by atoms with van der Waals surface area (Å²) in [4.78, 5) is 38.3. The van der Waals surface area contributed by atoms with Gasteiger partial charge in [-0.05, 0) is 25.0 Å². The highest BCUT2D eigenvalue weighted by molar-refractivity contribution is 5.78. The number of hydrogen-bond acceptors (Lipinski definition) is 3. The molecule has 1 fully saturated rings. The minimum absolute atomic E-state index is 0.0553. The zero-order chi connectivity index (χ0) is 15.5. The molecule has 0 bridgehead atoms. The maximum absolute atomic E-state index is 12.0. The highest BCUT2D eigenvalue weighted by Gasteiger charge is 2.22. The molecule has 2 N–H and O–H groups in total.